The van der Waals surface area contributed by atoms with Gasteiger partial charge in [0, 0.05) is 51.8 Å². The van der Waals surface area contributed by atoms with E-state index >= 15 is 0 Å². The maximum atomic E-state index is 13.3. The molecule has 4 heterocycles. The molecule has 4 aromatic rings. The molecular weight excluding hydrogens is 832 g/mol. The van der Waals surface area contributed by atoms with Gasteiger partial charge in [0.2, 0.25) is 11.8 Å². The normalized spacial score (nSPS) is 14.3. The lowest BCUT2D eigenvalue weighted by atomic mass is 10.2. The third-order valence-corrected chi connectivity index (χ3v) is 15.7. The molecule has 2 aromatic heterocycles. The Hall–Kier alpha value is -5.23. The van der Waals surface area contributed by atoms with E-state index in [9.17, 15) is 19.2 Å². The Morgan fingerprint density at radius 1 is 0.694 bits per heavy atom. The van der Waals surface area contributed by atoms with Crippen LogP contribution in [0.5, 0.6) is 11.5 Å². The van der Waals surface area contributed by atoms with Crippen molar-refractivity contribution in [2.45, 2.75) is 77.7 Å². The number of hydrogen-bond acceptors (Lipinski definition) is 12. The zero-order valence-corrected chi connectivity index (χ0v) is 38.9. The second-order valence-corrected chi connectivity index (χ2v) is 21.6. The first-order valence-corrected chi connectivity index (χ1v) is 23.8. The first-order chi connectivity index (χ1) is 29.1. The molecule has 3 N–H and O–H groups in total. The van der Waals surface area contributed by atoms with Crippen LogP contribution in [0.3, 0.4) is 0 Å². The fourth-order valence-electron chi connectivity index (χ4n) is 6.60. The molecule has 0 bridgehead atoms. The van der Waals surface area contributed by atoms with Crippen molar-refractivity contribution in [1.29, 1.82) is 0 Å². The monoisotopic (exact) mass is 894 g/mol. The van der Waals surface area contributed by atoms with Gasteiger partial charge < -0.3 is 48.6 Å². The van der Waals surface area contributed by atoms with Crippen LogP contribution < -0.4 is 41.0 Å². The van der Waals surface area contributed by atoms with Crippen LogP contribution in [-0.4, -0.2) is 111 Å². The van der Waals surface area contributed by atoms with E-state index in [1.54, 1.807) is 39.4 Å². The summed E-state index contributed by atoms with van der Waals surface area (Å²) >= 11 is 0. The van der Waals surface area contributed by atoms with Gasteiger partial charge in [0.05, 0.1) is 51.8 Å². The van der Waals surface area contributed by atoms with Crippen molar-refractivity contribution in [3.05, 3.63) is 104 Å². The molecule has 0 radical (unpaired) electrons. The lowest BCUT2D eigenvalue weighted by Gasteiger charge is -2.36. The molecular formula is C44H63ClN8O8Si. The van der Waals surface area contributed by atoms with Crippen LogP contribution in [0.2, 0.25) is 18.1 Å². The molecule has 0 aliphatic carbocycles. The second-order valence-electron chi connectivity index (χ2n) is 16.8. The highest BCUT2D eigenvalue weighted by molar-refractivity contribution is 6.74. The topological polar surface area (TPSA) is 182 Å². The van der Waals surface area contributed by atoms with Crippen molar-refractivity contribution < 1.29 is 28.6 Å². The summed E-state index contributed by atoms with van der Waals surface area (Å²) in [5.41, 5.74) is 3.08. The van der Waals surface area contributed by atoms with Crippen LogP contribution in [0, 0.1) is 0 Å². The Labute approximate surface area is 371 Å². The van der Waals surface area contributed by atoms with Crippen LogP contribution in [-0.2, 0) is 39.9 Å². The molecule has 2 amide bonds. The quantitative estimate of drug-likeness (QED) is 0.110. The third-order valence-electron chi connectivity index (χ3n) is 11.2. The lowest BCUT2D eigenvalue weighted by molar-refractivity contribution is -0.121. The van der Waals surface area contributed by atoms with Gasteiger partial charge in [0.15, 0.2) is 20.0 Å². The number of nitrogens with one attached hydrogen (secondary N) is 2. The number of piperazine rings is 2. The molecule has 16 nitrogen and oxygen atoms in total. The number of nitrogens with zero attached hydrogens (tertiary/aromatic N) is 6. The Balaban J connectivity index is 0.000000275. The smallest absolute Gasteiger partial charge is 0.293 e. The van der Waals surface area contributed by atoms with Crippen LogP contribution in [0.4, 0.5) is 11.6 Å². The molecule has 18 heteroatoms. The van der Waals surface area contributed by atoms with Crippen LogP contribution in [0.25, 0.3) is 0 Å². The fraction of sp³-hybridized carbons (Fsp3) is 0.500. The van der Waals surface area contributed by atoms with Crippen molar-refractivity contribution >= 4 is 44.2 Å². The van der Waals surface area contributed by atoms with E-state index in [4.69, 9.17) is 24.0 Å². The van der Waals surface area contributed by atoms with Crippen LogP contribution in [0.15, 0.2) is 70.5 Å². The number of amides is 2. The maximum Gasteiger partial charge on any atom is 0.293 e. The minimum Gasteiger partial charge on any atom is -0.497 e. The molecule has 2 saturated heterocycles. The van der Waals surface area contributed by atoms with E-state index in [1.165, 1.54) is 0 Å². The van der Waals surface area contributed by atoms with Crippen molar-refractivity contribution in [3.63, 3.8) is 0 Å². The van der Waals surface area contributed by atoms with Crippen molar-refractivity contribution in [2.24, 2.45) is 0 Å². The number of anilines is 2. The van der Waals surface area contributed by atoms with Crippen LogP contribution in [0.1, 0.15) is 56.1 Å². The summed E-state index contributed by atoms with van der Waals surface area (Å²) in [6, 6.07) is 15.2. The molecule has 2 aliphatic heterocycles. The van der Waals surface area contributed by atoms with Crippen LogP contribution >= 0.6 is 12.4 Å². The number of carbonyl (C=O) groups excluding carboxylic acids is 2. The molecule has 338 valence electrons. The number of ether oxygens (including phenoxy) is 2. The zero-order chi connectivity index (χ0) is 44.2. The summed E-state index contributed by atoms with van der Waals surface area (Å²) in [5, 5.41) is 14.8. The number of carbonyl (C=O) groups is 2. The first kappa shape index (κ1) is 49.4. The van der Waals surface area contributed by atoms with E-state index in [1.807, 2.05) is 54.7 Å². The highest BCUT2D eigenvalue weighted by atomic mass is 35.5. The summed E-state index contributed by atoms with van der Waals surface area (Å²) < 4.78 is 20.0. The number of aromatic nitrogens is 4. The molecule has 2 aromatic carbocycles. The molecule has 0 unspecified atom stereocenters. The highest BCUT2D eigenvalue weighted by Gasteiger charge is 2.37. The average molecular weight is 896 g/mol. The number of halogens is 1. The van der Waals surface area contributed by atoms with Gasteiger partial charge in [-0.1, -0.05) is 45.0 Å². The van der Waals surface area contributed by atoms with Gasteiger partial charge in [-0.05, 0) is 79.2 Å². The Bertz CT molecular complexity index is 2210. The van der Waals surface area contributed by atoms with Gasteiger partial charge in [-0.25, -0.2) is 9.97 Å². The lowest BCUT2D eigenvalue weighted by Crippen LogP contribution is -2.50. The molecule has 6 rings (SSSR count). The van der Waals surface area contributed by atoms with Gasteiger partial charge in [-0.15, -0.1) is 12.4 Å². The standard InChI is InChI=1S/C25H38N4O4Si.C19H24N4O4.ClH/c1-25(2,3)34(5,6)33-15-7-8-20-17-29(16-19-9-11-21(32-4)12-10-19)24(31)23(27-20)28-14-13-26-22(30)18-28;1-27-16-6-4-14(5-7-16)11-23-12-15(3-2-10-24)21-18(19(23)26)22-9-8-20-17(25)13-22;/h9-12,17H,7-8,13-16,18H2,1-6H3,(H,26,30);4-7,12,24H,2-3,8-11,13H2,1H3,(H,20,25);1H. The zero-order valence-electron chi connectivity index (χ0n) is 37.1. The van der Waals surface area contributed by atoms with E-state index in [0.29, 0.717) is 71.0 Å². The van der Waals surface area contributed by atoms with E-state index < -0.39 is 8.32 Å². The Kier molecular flexibility index (Phi) is 18.1. The maximum absolute atomic E-state index is 13.3. The molecule has 0 saturated carbocycles. The summed E-state index contributed by atoms with van der Waals surface area (Å²) in [6.07, 6.45) is 6.22. The van der Waals surface area contributed by atoms with Crippen molar-refractivity contribution in [3.8, 4) is 11.5 Å². The SMILES string of the molecule is COc1ccc(Cn2cc(CCCO)nc(N3CCNC(=O)C3)c2=O)cc1.COc1ccc(Cn2cc(CCCO[Si](C)(C)C(C)(C)C)nc(N3CCNC(=O)C3)c2=O)cc1.Cl. The summed E-state index contributed by atoms with van der Waals surface area (Å²) in [7, 11) is 1.43. The summed E-state index contributed by atoms with van der Waals surface area (Å²) in [4.78, 5) is 62.6. The number of aryl methyl sites for hydroxylation is 2. The second kappa shape index (κ2) is 22.7. The van der Waals surface area contributed by atoms with Crippen molar-refractivity contribution in [1.82, 2.24) is 29.7 Å². The number of hydrogen-bond donors (Lipinski definition) is 3. The number of aliphatic hydroxyl groups is 1. The van der Waals surface area contributed by atoms with Crippen molar-refractivity contribution in [2.75, 3.05) is 76.5 Å². The molecule has 0 spiro atoms. The largest absolute Gasteiger partial charge is 0.497 e. The summed E-state index contributed by atoms with van der Waals surface area (Å²) in [6.45, 7) is 15.1. The first-order valence-electron chi connectivity index (χ1n) is 20.9. The number of aliphatic hydroxyl groups excluding tert-OH is 1. The average Bonchev–Trinajstić information content (AvgIpc) is 3.24. The van der Waals surface area contributed by atoms with E-state index in [2.05, 4.69) is 49.5 Å². The number of methoxy groups -OCH3 is 2. The third kappa shape index (κ3) is 13.6. The number of benzene rings is 2. The Morgan fingerprint density at radius 3 is 1.48 bits per heavy atom. The predicted molar refractivity (Wildman–Crippen MR) is 246 cm³/mol. The van der Waals surface area contributed by atoms with Gasteiger partial charge in [0.25, 0.3) is 11.1 Å². The van der Waals surface area contributed by atoms with Gasteiger partial charge in [-0.3, -0.25) is 19.2 Å². The number of rotatable bonds is 16. The molecule has 2 aliphatic rings. The Morgan fingerprint density at radius 2 is 1.11 bits per heavy atom. The van der Waals surface area contributed by atoms with E-state index in [0.717, 1.165) is 40.4 Å². The summed E-state index contributed by atoms with van der Waals surface area (Å²) in [5.74, 6) is 1.94. The minimum absolute atomic E-state index is 0. The van der Waals surface area contributed by atoms with Gasteiger partial charge in [-0.2, -0.15) is 0 Å². The van der Waals surface area contributed by atoms with Gasteiger partial charge >= 0.3 is 0 Å². The highest BCUT2D eigenvalue weighted by Crippen LogP contribution is 2.36. The van der Waals surface area contributed by atoms with E-state index in [-0.39, 0.29) is 65.9 Å². The molecule has 62 heavy (non-hydrogen) atoms. The minimum atomic E-state index is -1.81. The fourth-order valence-corrected chi connectivity index (χ4v) is 7.69. The molecule has 0 atom stereocenters. The van der Waals surface area contributed by atoms with Gasteiger partial charge in [0.1, 0.15) is 11.5 Å². The predicted octanol–water partition coefficient (Wildman–Crippen LogP) is 3.77. The molecule has 2 fully saturated rings.